The third-order valence-electron chi connectivity index (χ3n) is 7.57. The Morgan fingerprint density at radius 3 is 2.50 bits per heavy atom. The Morgan fingerprint density at radius 1 is 1.25 bits per heavy atom. The molecular formula is C21H40O2Si. The van der Waals surface area contributed by atoms with Crippen LogP contribution in [0.4, 0.5) is 0 Å². The van der Waals surface area contributed by atoms with Crippen LogP contribution in [-0.4, -0.2) is 26.1 Å². The highest BCUT2D eigenvalue weighted by molar-refractivity contribution is 6.74. The number of aliphatic hydroxyl groups is 1. The quantitative estimate of drug-likeness (QED) is 0.502. The summed E-state index contributed by atoms with van der Waals surface area (Å²) < 4.78 is 6.91. The number of aliphatic hydroxyl groups excluding tert-OH is 1. The van der Waals surface area contributed by atoms with E-state index < -0.39 is 8.32 Å². The van der Waals surface area contributed by atoms with Crippen molar-refractivity contribution in [1.82, 2.24) is 0 Å². The van der Waals surface area contributed by atoms with Crippen molar-refractivity contribution in [3.63, 3.8) is 0 Å². The Bertz CT molecular complexity index is 451. The molecule has 2 rings (SSSR count). The zero-order valence-electron chi connectivity index (χ0n) is 17.1. The van der Waals surface area contributed by atoms with Gasteiger partial charge in [0.2, 0.25) is 0 Å². The molecule has 0 spiro atoms. The first-order valence-corrected chi connectivity index (χ1v) is 12.9. The van der Waals surface area contributed by atoms with E-state index in [1.165, 1.54) is 32.1 Å². The smallest absolute Gasteiger partial charge is 0.192 e. The minimum absolute atomic E-state index is 0.161. The van der Waals surface area contributed by atoms with Gasteiger partial charge in [-0.05, 0) is 67.0 Å². The van der Waals surface area contributed by atoms with Crippen molar-refractivity contribution in [2.45, 2.75) is 91.0 Å². The summed E-state index contributed by atoms with van der Waals surface area (Å²) in [6.45, 7) is 16.9. The van der Waals surface area contributed by atoms with Crippen LogP contribution >= 0.6 is 0 Å². The van der Waals surface area contributed by atoms with Gasteiger partial charge in [0.25, 0.3) is 0 Å². The van der Waals surface area contributed by atoms with Gasteiger partial charge in [-0.1, -0.05) is 53.2 Å². The predicted molar refractivity (Wildman–Crippen MR) is 106 cm³/mol. The molecule has 0 unspecified atom stereocenters. The summed E-state index contributed by atoms with van der Waals surface area (Å²) in [5.74, 6) is 2.00. The van der Waals surface area contributed by atoms with E-state index in [-0.39, 0.29) is 11.6 Å². The molecule has 0 radical (unpaired) electrons. The summed E-state index contributed by atoms with van der Waals surface area (Å²) in [6.07, 6.45) is 11.2. The highest BCUT2D eigenvalue weighted by Crippen LogP contribution is 2.59. The van der Waals surface area contributed by atoms with Crippen LogP contribution in [0.15, 0.2) is 12.2 Å². The molecule has 2 aliphatic rings. The summed E-state index contributed by atoms with van der Waals surface area (Å²) in [5.41, 5.74) is 0.407. The standard InChI is InChI=1S/C21H40O2Si/c1-16(10-9-15-22)17-12-13-18-19(11-8-14-21(17,18)5)23-24(6,7)20(2,3)4/h9-10,16-19,22H,8,11-15H2,1-7H3/t16-,17-,18-,19-,21+/m1/s1. The number of allylic oxidation sites excluding steroid dienone is 1. The number of fused-ring (bicyclic) bond motifs is 1. The normalized spacial score (nSPS) is 36.1. The van der Waals surface area contributed by atoms with E-state index in [1.54, 1.807) is 0 Å². The zero-order chi connectivity index (χ0) is 18.2. The SMILES string of the molecule is C[C@H](C=CCO)[C@H]1CC[C@@H]2[C@H](O[Si](C)(C)C(C)(C)C)CCC[C@@]12C. The molecule has 140 valence electrons. The highest BCUT2D eigenvalue weighted by atomic mass is 28.4. The van der Waals surface area contributed by atoms with Crippen molar-refractivity contribution in [2.75, 3.05) is 6.61 Å². The Kier molecular flexibility index (Phi) is 6.09. The molecule has 24 heavy (non-hydrogen) atoms. The maximum absolute atomic E-state index is 9.10. The molecule has 0 aromatic rings. The first kappa shape index (κ1) is 20.2. The lowest BCUT2D eigenvalue weighted by molar-refractivity contribution is -0.0163. The molecule has 0 bridgehead atoms. The van der Waals surface area contributed by atoms with E-state index in [2.05, 4.69) is 53.8 Å². The van der Waals surface area contributed by atoms with Gasteiger partial charge in [-0.3, -0.25) is 0 Å². The summed E-state index contributed by atoms with van der Waals surface area (Å²) in [4.78, 5) is 0. The Balaban J connectivity index is 2.16. The van der Waals surface area contributed by atoms with Crippen LogP contribution in [0, 0.1) is 23.2 Å². The molecule has 2 fully saturated rings. The molecule has 0 amide bonds. The van der Waals surface area contributed by atoms with Crippen LogP contribution in [0.25, 0.3) is 0 Å². The van der Waals surface area contributed by atoms with Gasteiger partial charge in [0.15, 0.2) is 8.32 Å². The maximum Gasteiger partial charge on any atom is 0.192 e. The van der Waals surface area contributed by atoms with Crippen LogP contribution in [0.5, 0.6) is 0 Å². The second-order valence-corrected chi connectivity index (χ2v) is 14.8. The molecule has 0 aliphatic heterocycles. The van der Waals surface area contributed by atoms with Gasteiger partial charge >= 0.3 is 0 Å². The zero-order valence-corrected chi connectivity index (χ0v) is 18.1. The lowest BCUT2D eigenvalue weighted by atomic mass is 9.62. The van der Waals surface area contributed by atoms with E-state index in [9.17, 15) is 0 Å². The Morgan fingerprint density at radius 2 is 1.92 bits per heavy atom. The molecule has 3 heteroatoms. The maximum atomic E-state index is 9.10. The van der Waals surface area contributed by atoms with Crippen molar-refractivity contribution in [3.05, 3.63) is 12.2 Å². The number of hydrogen-bond donors (Lipinski definition) is 1. The second-order valence-electron chi connectivity index (χ2n) is 10.1. The molecule has 0 aromatic carbocycles. The summed E-state index contributed by atoms with van der Waals surface area (Å²) in [7, 11) is -1.70. The summed E-state index contributed by atoms with van der Waals surface area (Å²) >= 11 is 0. The summed E-state index contributed by atoms with van der Waals surface area (Å²) in [6, 6.07) is 0. The van der Waals surface area contributed by atoms with E-state index in [0.29, 0.717) is 17.4 Å². The van der Waals surface area contributed by atoms with Crippen LogP contribution in [-0.2, 0) is 4.43 Å². The third-order valence-corrected chi connectivity index (χ3v) is 12.1. The van der Waals surface area contributed by atoms with Crippen LogP contribution in [0.2, 0.25) is 18.1 Å². The molecule has 2 aliphatic carbocycles. The fraction of sp³-hybridized carbons (Fsp3) is 0.905. The molecule has 1 N–H and O–H groups in total. The first-order valence-electron chi connectivity index (χ1n) is 9.98. The Hall–Kier alpha value is -0.123. The fourth-order valence-electron chi connectivity index (χ4n) is 5.13. The predicted octanol–water partition coefficient (Wildman–Crippen LogP) is 5.78. The molecular weight excluding hydrogens is 312 g/mol. The van der Waals surface area contributed by atoms with E-state index in [4.69, 9.17) is 9.53 Å². The van der Waals surface area contributed by atoms with Crippen molar-refractivity contribution >= 4 is 8.32 Å². The average Bonchev–Trinajstić information content (AvgIpc) is 2.81. The van der Waals surface area contributed by atoms with Crippen molar-refractivity contribution < 1.29 is 9.53 Å². The monoisotopic (exact) mass is 352 g/mol. The number of rotatable bonds is 5. The van der Waals surface area contributed by atoms with E-state index in [1.807, 2.05) is 6.08 Å². The molecule has 2 saturated carbocycles. The fourth-order valence-corrected chi connectivity index (χ4v) is 6.52. The number of hydrogen-bond acceptors (Lipinski definition) is 2. The van der Waals surface area contributed by atoms with Crippen molar-refractivity contribution in [1.29, 1.82) is 0 Å². The highest BCUT2D eigenvalue weighted by Gasteiger charge is 2.54. The van der Waals surface area contributed by atoms with Crippen LogP contribution < -0.4 is 0 Å². The third kappa shape index (κ3) is 3.83. The minimum Gasteiger partial charge on any atom is -0.414 e. The lowest BCUT2D eigenvalue weighted by Crippen LogP contribution is -2.50. The van der Waals surface area contributed by atoms with Gasteiger partial charge in [0.05, 0.1) is 6.61 Å². The van der Waals surface area contributed by atoms with Gasteiger partial charge in [-0.15, -0.1) is 0 Å². The minimum atomic E-state index is -1.70. The molecule has 5 atom stereocenters. The van der Waals surface area contributed by atoms with Gasteiger partial charge in [0.1, 0.15) is 0 Å². The lowest BCUT2D eigenvalue weighted by Gasteiger charge is -2.49. The largest absolute Gasteiger partial charge is 0.414 e. The van der Waals surface area contributed by atoms with Crippen LogP contribution in [0.1, 0.15) is 66.7 Å². The van der Waals surface area contributed by atoms with Crippen molar-refractivity contribution in [2.24, 2.45) is 23.2 Å². The van der Waals surface area contributed by atoms with Gasteiger partial charge in [0, 0.05) is 6.10 Å². The van der Waals surface area contributed by atoms with Gasteiger partial charge in [-0.25, -0.2) is 0 Å². The Labute approximate surface area is 151 Å². The molecule has 2 nitrogen and oxygen atoms in total. The molecule has 0 saturated heterocycles. The van der Waals surface area contributed by atoms with E-state index >= 15 is 0 Å². The van der Waals surface area contributed by atoms with Crippen molar-refractivity contribution in [3.8, 4) is 0 Å². The molecule has 0 aromatic heterocycles. The second kappa shape index (κ2) is 7.24. The average molecular weight is 353 g/mol. The first-order chi connectivity index (χ1) is 11.0. The van der Waals surface area contributed by atoms with Gasteiger partial charge < -0.3 is 9.53 Å². The molecule has 0 heterocycles. The van der Waals surface area contributed by atoms with E-state index in [0.717, 1.165) is 11.8 Å². The van der Waals surface area contributed by atoms with Crippen LogP contribution in [0.3, 0.4) is 0 Å². The summed E-state index contributed by atoms with van der Waals surface area (Å²) in [5, 5.41) is 9.39. The van der Waals surface area contributed by atoms with Gasteiger partial charge in [-0.2, -0.15) is 0 Å². The topological polar surface area (TPSA) is 29.5 Å².